The molecule has 0 aliphatic carbocycles. The van der Waals surface area contributed by atoms with Crippen LogP contribution in [0.5, 0.6) is 0 Å². The molecule has 5 N–H and O–H groups in total. The summed E-state index contributed by atoms with van der Waals surface area (Å²) in [7, 11) is 7.07. The summed E-state index contributed by atoms with van der Waals surface area (Å²) >= 11 is 0. The minimum Gasteiger partial charge on any atom is -0.459 e. The molecule has 4 heterocycles. The lowest BCUT2D eigenvalue weighted by Gasteiger charge is -2.54. The fourth-order valence-corrected chi connectivity index (χ4v) is 9.19. The molecule has 0 aromatic heterocycles. The summed E-state index contributed by atoms with van der Waals surface area (Å²) in [5, 5.41) is 58.4. The summed E-state index contributed by atoms with van der Waals surface area (Å²) in [5.41, 5.74) is -4.56. The molecule has 0 radical (unpaired) electrons. The number of esters is 1. The number of aliphatic hydroxyl groups excluding tert-OH is 3. The Morgan fingerprint density at radius 3 is 2.23 bits per heavy atom. The Balaban J connectivity index is 1.85. The van der Waals surface area contributed by atoms with Gasteiger partial charge in [-0.15, -0.1) is 0 Å². The largest absolute Gasteiger partial charge is 0.459 e. The number of methoxy groups -OCH3 is 1. The molecule has 0 amide bonds. The van der Waals surface area contributed by atoms with Crippen molar-refractivity contribution < 1.29 is 63.5 Å². The van der Waals surface area contributed by atoms with E-state index in [0.29, 0.717) is 13.0 Å². The van der Waals surface area contributed by atoms with Crippen LogP contribution >= 0.6 is 0 Å². The molecule has 53 heavy (non-hydrogen) atoms. The number of fused-ring (bicyclic) bond motifs is 1. The average Bonchev–Trinajstić information content (AvgIpc) is 3.07. The molecule has 0 aromatic rings. The molecule has 15 heteroatoms. The average molecular weight is 763 g/mol. The van der Waals surface area contributed by atoms with Crippen LogP contribution in [0.2, 0.25) is 0 Å². The van der Waals surface area contributed by atoms with E-state index in [2.05, 4.69) is 0 Å². The number of nitrogens with zero attached hydrogens (tertiary/aromatic N) is 2. The first-order chi connectivity index (χ1) is 24.4. The second-order valence-corrected chi connectivity index (χ2v) is 17.5. The summed E-state index contributed by atoms with van der Waals surface area (Å²) in [6.07, 6.45) is -7.91. The number of cyclic esters (lactones) is 1. The lowest BCUT2D eigenvalue weighted by molar-refractivity contribution is -0.474. The topological polar surface area (TPSA) is 189 Å². The third kappa shape index (κ3) is 9.24. The zero-order valence-corrected chi connectivity index (χ0v) is 34.2. The van der Waals surface area contributed by atoms with Gasteiger partial charge in [-0.25, -0.2) is 0 Å². The molecule has 1 spiro atoms. The van der Waals surface area contributed by atoms with E-state index in [-0.39, 0.29) is 43.9 Å². The fraction of sp³-hybridized carbons (Fsp3) is 0.974. The van der Waals surface area contributed by atoms with E-state index < -0.39 is 95.6 Å². The van der Waals surface area contributed by atoms with E-state index in [1.165, 1.54) is 14.0 Å². The molecular weight excluding hydrogens is 692 g/mol. The van der Waals surface area contributed by atoms with E-state index in [0.717, 1.165) is 0 Å². The maximum Gasteiger partial charge on any atom is 0.314 e. The zero-order chi connectivity index (χ0) is 40.0. The van der Waals surface area contributed by atoms with Crippen LogP contribution in [0.4, 0.5) is 0 Å². The molecule has 4 aliphatic heterocycles. The van der Waals surface area contributed by atoms with Crippen LogP contribution in [0, 0.1) is 17.8 Å². The Kier molecular flexibility index (Phi) is 14.2. The minimum atomic E-state index is -1.83. The molecule has 4 fully saturated rings. The van der Waals surface area contributed by atoms with Crippen LogP contribution in [-0.4, -0.2) is 173 Å². The van der Waals surface area contributed by atoms with Crippen molar-refractivity contribution >= 4 is 5.97 Å². The van der Waals surface area contributed by atoms with Gasteiger partial charge in [-0.05, 0) is 87.9 Å². The van der Waals surface area contributed by atoms with Crippen molar-refractivity contribution in [3.8, 4) is 0 Å². The van der Waals surface area contributed by atoms with Crippen LogP contribution < -0.4 is 0 Å². The van der Waals surface area contributed by atoms with Gasteiger partial charge in [-0.1, -0.05) is 20.8 Å². The molecule has 310 valence electrons. The van der Waals surface area contributed by atoms with Crippen LogP contribution in [0.1, 0.15) is 88.0 Å². The highest BCUT2D eigenvalue weighted by Crippen LogP contribution is 2.46. The lowest BCUT2D eigenvalue weighted by atomic mass is 9.77. The standard InChI is InChI=1S/C38H70N2O13/c1-14-27-37(9,46)30(42)23(5)40(12)17-20(2)16-35(7,45)32(51-34-28(41)26(39(10)11)15-21(3)49-34)22(4)29-25(33(44)50-27)18-48-38(53-29)19-36(8,47-13)31(43)24(6)52-38/h20-32,34,41-43,45-46H,14-19H2,1-13H3/t20-,21?,22+,23-,24?,25-,26?,27-,28+,29+,30-,31+,32-,34+,35-,36+,37-,38-/m1/s1. The molecule has 4 rings (SSSR count). The molecule has 0 saturated carbocycles. The van der Waals surface area contributed by atoms with Crippen molar-refractivity contribution in [2.24, 2.45) is 17.8 Å². The summed E-state index contributed by atoms with van der Waals surface area (Å²) in [4.78, 5) is 18.2. The van der Waals surface area contributed by atoms with Gasteiger partial charge < -0.3 is 68.5 Å². The maximum absolute atomic E-state index is 14.4. The van der Waals surface area contributed by atoms with E-state index in [1.54, 1.807) is 41.5 Å². The van der Waals surface area contributed by atoms with Crippen LogP contribution in [0.3, 0.4) is 0 Å². The molecule has 4 aliphatic rings. The molecular formula is C38H70N2O13. The Labute approximate surface area is 316 Å². The number of hydrogen-bond acceptors (Lipinski definition) is 15. The minimum absolute atomic E-state index is 0.0544. The molecule has 18 atom stereocenters. The second kappa shape index (κ2) is 16.8. The maximum atomic E-state index is 14.4. The van der Waals surface area contributed by atoms with Gasteiger partial charge in [-0.3, -0.25) is 4.79 Å². The van der Waals surface area contributed by atoms with Crippen molar-refractivity contribution in [2.45, 2.75) is 178 Å². The number of rotatable bonds is 5. The fourth-order valence-electron chi connectivity index (χ4n) is 9.19. The van der Waals surface area contributed by atoms with Crippen molar-refractivity contribution in [1.29, 1.82) is 0 Å². The number of carbonyl (C=O) groups excluding carboxylic acids is 1. The highest BCUT2D eigenvalue weighted by molar-refractivity contribution is 5.74. The number of aliphatic hydroxyl groups is 5. The smallest absolute Gasteiger partial charge is 0.314 e. The number of ether oxygens (including phenoxy) is 7. The van der Waals surface area contributed by atoms with E-state index in [9.17, 15) is 30.3 Å². The van der Waals surface area contributed by atoms with Crippen LogP contribution in [0.25, 0.3) is 0 Å². The molecule has 0 aromatic carbocycles. The second-order valence-electron chi connectivity index (χ2n) is 17.5. The first-order valence-electron chi connectivity index (χ1n) is 19.3. The summed E-state index contributed by atoms with van der Waals surface area (Å²) in [6, 6.07) is -0.840. The monoisotopic (exact) mass is 762 g/mol. The van der Waals surface area contributed by atoms with Gasteiger partial charge in [0.1, 0.15) is 41.5 Å². The summed E-state index contributed by atoms with van der Waals surface area (Å²) < 4.78 is 44.1. The van der Waals surface area contributed by atoms with E-state index >= 15 is 0 Å². The van der Waals surface area contributed by atoms with Crippen molar-refractivity contribution in [3.63, 3.8) is 0 Å². The third-order valence-corrected chi connectivity index (χ3v) is 12.5. The molecule has 0 bridgehead atoms. The summed E-state index contributed by atoms with van der Waals surface area (Å²) in [6.45, 7) is 16.0. The van der Waals surface area contributed by atoms with Gasteiger partial charge >= 0.3 is 5.97 Å². The van der Waals surface area contributed by atoms with Gasteiger partial charge in [0, 0.05) is 31.7 Å². The highest BCUT2D eigenvalue weighted by atomic mass is 16.9. The van der Waals surface area contributed by atoms with Crippen LogP contribution in [-0.2, 0) is 38.0 Å². The van der Waals surface area contributed by atoms with Gasteiger partial charge in [-0.2, -0.15) is 0 Å². The predicted octanol–water partition coefficient (Wildman–Crippen LogP) is 1.24. The third-order valence-electron chi connectivity index (χ3n) is 12.5. The lowest BCUT2D eigenvalue weighted by Crippen LogP contribution is -2.67. The van der Waals surface area contributed by atoms with Crippen LogP contribution in [0.15, 0.2) is 0 Å². The Bertz CT molecular complexity index is 1220. The van der Waals surface area contributed by atoms with Crippen molar-refractivity contribution in [3.05, 3.63) is 0 Å². The first kappa shape index (κ1) is 44.7. The molecule has 3 unspecified atom stereocenters. The van der Waals surface area contributed by atoms with Gasteiger partial charge in [0.15, 0.2) is 6.29 Å². The predicted molar refractivity (Wildman–Crippen MR) is 193 cm³/mol. The zero-order valence-electron chi connectivity index (χ0n) is 34.2. The molecule has 4 saturated heterocycles. The van der Waals surface area contributed by atoms with Crippen molar-refractivity contribution in [2.75, 3.05) is 41.4 Å². The SMILES string of the molecule is CC[C@H]1OC(=O)[C@@H]2CO[C@@]3(C[C@](C)(OC)[C@@H](O)C(C)O3)O[C@H]2[C@H](C)[C@@H](O[C@@H]2OC(C)CC(N(C)C)[C@@H]2O)[C@](C)(O)C[C@@H](C)CN(C)[C@H](C)[C@@H](O)[C@]1(C)O. The number of hydrogen-bond donors (Lipinski definition) is 5. The van der Waals surface area contributed by atoms with Gasteiger partial charge in [0.25, 0.3) is 5.97 Å². The highest BCUT2D eigenvalue weighted by Gasteiger charge is 2.61. The first-order valence-corrected chi connectivity index (χ1v) is 19.3. The molecule has 15 nitrogen and oxygen atoms in total. The normalized spacial score (nSPS) is 51.3. The quantitative estimate of drug-likeness (QED) is 0.252. The van der Waals surface area contributed by atoms with Gasteiger partial charge in [0.2, 0.25) is 0 Å². The Hall–Kier alpha value is -1.05. The Morgan fingerprint density at radius 1 is 1.00 bits per heavy atom. The van der Waals surface area contributed by atoms with E-state index in [4.69, 9.17) is 33.2 Å². The summed E-state index contributed by atoms with van der Waals surface area (Å²) in [5.74, 6) is -4.58. The Morgan fingerprint density at radius 2 is 1.64 bits per heavy atom. The number of carbonyl (C=O) groups is 1. The number of likely N-dealkylation sites (N-methyl/N-ethyl adjacent to an activating group) is 2. The van der Waals surface area contributed by atoms with E-state index in [1.807, 2.05) is 44.8 Å². The van der Waals surface area contributed by atoms with Crippen molar-refractivity contribution in [1.82, 2.24) is 9.80 Å². The van der Waals surface area contributed by atoms with Gasteiger partial charge in [0.05, 0.1) is 43.0 Å².